The fourth-order valence-corrected chi connectivity index (χ4v) is 7.26. The van der Waals surface area contributed by atoms with Crippen molar-refractivity contribution in [2.75, 3.05) is 16.4 Å². The van der Waals surface area contributed by atoms with Gasteiger partial charge in [-0.3, -0.25) is 4.79 Å². The van der Waals surface area contributed by atoms with Crippen molar-refractivity contribution in [2.45, 2.75) is 17.7 Å². The predicted octanol–water partition coefficient (Wildman–Crippen LogP) is 2.51. The van der Waals surface area contributed by atoms with Crippen molar-refractivity contribution in [1.82, 2.24) is 0 Å². The first-order valence-electron chi connectivity index (χ1n) is 6.91. The van der Waals surface area contributed by atoms with Crippen molar-refractivity contribution in [2.24, 2.45) is 4.99 Å². The van der Waals surface area contributed by atoms with Crippen LogP contribution in [0.2, 0.25) is 10.0 Å². The average molecular weight is 404 g/mol. The molecule has 2 fully saturated rings. The smallest absolute Gasteiger partial charge is 0.262 e. The van der Waals surface area contributed by atoms with Crippen molar-refractivity contribution < 1.29 is 13.2 Å². The van der Waals surface area contributed by atoms with Crippen LogP contribution in [0.5, 0.6) is 0 Å². The Morgan fingerprint density at radius 3 is 2.67 bits per heavy atom. The minimum atomic E-state index is -3.18. The molecule has 2 aliphatic rings. The van der Waals surface area contributed by atoms with Crippen LogP contribution in [0.1, 0.15) is 6.42 Å². The van der Waals surface area contributed by atoms with Gasteiger partial charge in [0.05, 0.1) is 39.3 Å². The summed E-state index contributed by atoms with van der Waals surface area (Å²) in [6.07, 6.45) is -0.345. The molecule has 2 atom stereocenters. The van der Waals surface area contributed by atoms with Gasteiger partial charge in [0.1, 0.15) is 6.42 Å². The van der Waals surface area contributed by atoms with E-state index >= 15 is 0 Å². The molecule has 3 rings (SSSR count). The number of halogens is 2. The zero-order chi connectivity index (χ0) is 17.5. The van der Waals surface area contributed by atoms with Crippen molar-refractivity contribution in [3.05, 3.63) is 28.2 Å². The Morgan fingerprint density at radius 2 is 2.04 bits per heavy atom. The number of hydrogen-bond donors (Lipinski definition) is 0. The lowest BCUT2D eigenvalue weighted by Crippen LogP contribution is -2.38. The fourth-order valence-electron chi connectivity index (χ4n) is 2.76. The number of benzene rings is 1. The van der Waals surface area contributed by atoms with Crippen molar-refractivity contribution >= 4 is 61.6 Å². The normalized spacial score (nSPS) is 26.4. The Kier molecular flexibility index (Phi) is 4.80. The van der Waals surface area contributed by atoms with Crippen LogP contribution in [-0.4, -0.2) is 42.3 Å². The molecule has 1 aromatic rings. The number of rotatable bonds is 2. The number of anilines is 1. The monoisotopic (exact) mass is 403 g/mol. The highest BCUT2D eigenvalue weighted by molar-refractivity contribution is 8.16. The van der Waals surface area contributed by atoms with E-state index in [9.17, 15) is 13.2 Å². The quantitative estimate of drug-likeness (QED) is 0.753. The molecule has 0 unspecified atom stereocenters. The highest BCUT2D eigenvalue weighted by atomic mass is 35.5. The number of thioether (sulfide) groups is 1. The maximum Gasteiger partial charge on any atom is 0.262 e. The highest BCUT2D eigenvalue weighted by Crippen LogP contribution is 2.45. The third-order valence-electron chi connectivity index (χ3n) is 3.70. The van der Waals surface area contributed by atoms with Crippen molar-refractivity contribution in [3.8, 4) is 6.07 Å². The lowest BCUT2D eigenvalue weighted by molar-refractivity contribution is -0.116. The number of carbonyl (C=O) groups excluding carboxylic acids is 1. The van der Waals surface area contributed by atoms with Crippen LogP contribution in [0.3, 0.4) is 0 Å². The number of para-hydroxylation sites is 1. The third-order valence-corrected chi connectivity index (χ3v) is 7.52. The van der Waals surface area contributed by atoms with Crippen LogP contribution >= 0.6 is 35.0 Å². The molecule has 6 nitrogen and oxygen atoms in total. The van der Waals surface area contributed by atoms with Crippen molar-refractivity contribution in [1.29, 1.82) is 5.26 Å². The second-order valence-electron chi connectivity index (χ2n) is 5.36. The molecule has 0 spiro atoms. The number of hydrogen-bond acceptors (Lipinski definition) is 5. The molecule has 24 heavy (non-hydrogen) atoms. The molecular weight excluding hydrogens is 393 g/mol. The first-order valence-corrected chi connectivity index (χ1v) is 10.4. The molecule has 1 aromatic carbocycles. The molecule has 2 heterocycles. The molecule has 10 heteroatoms. The summed E-state index contributed by atoms with van der Waals surface area (Å²) >= 11 is 13.7. The number of nitrogens with zero attached hydrogens (tertiary/aromatic N) is 3. The lowest BCUT2D eigenvalue weighted by Gasteiger charge is -2.26. The molecule has 2 saturated heterocycles. The molecule has 0 N–H and O–H groups in total. The molecular formula is C14H11Cl2N3O3S2. The molecule has 0 aromatic heterocycles. The minimum Gasteiger partial charge on any atom is -0.313 e. The summed E-state index contributed by atoms with van der Waals surface area (Å²) in [4.78, 5) is 17.4. The predicted molar refractivity (Wildman–Crippen MR) is 95.4 cm³/mol. The second-order valence-corrected chi connectivity index (χ2v) is 9.54. The van der Waals surface area contributed by atoms with Crippen LogP contribution in [0.25, 0.3) is 0 Å². The number of carbonyl (C=O) groups is 1. The van der Waals surface area contributed by atoms with E-state index in [1.807, 2.05) is 0 Å². The summed E-state index contributed by atoms with van der Waals surface area (Å²) in [5.74, 6) is -0.639. The summed E-state index contributed by atoms with van der Waals surface area (Å²) in [5.41, 5.74) is 0.432. The first kappa shape index (κ1) is 17.5. The standard InChI is InChI=1S/C14H11Cl2N3O3S2/c15-8-2-1-3-9(16)13(8)19-10-6-24(21,22)7-11(10)23-14(19)18-12(20)4-5-17/h1-3,10-11H,4,6-7H2/t10-,11-/m0/s1. The zero-order valence-electron chi connectivity index (χ0n) is 12.1. The van der Waals surface area contributed by atoms with E-state index in [0.717, 1.165) is 0 Å². The van der Waals surface area contributed by atoms with Gasteiger partial charge in [0.25, 0.3) is 5.91 Å². The Balaban J connectivity index is 2.09. The van der Waals surface area contributed by atoms with Gasteiger partial charge in [-0.25, -0.2) is 8.42 Å². The van der Waals surface area contributed by atoms with E-state index in [0.29, 0.717) is 20.9 Å². The minimum absolute atomic E-state index is 0.00631. The zero-order valence-corrected chi connectivity index (χ0v) is 15.3. The van der Waals surface area contributed by atoms with Crippen LogP contribution in [-0.2, 0) is 14.6 Å². The number of fused-ring (bicyclic) bond motifs is 1. The first-order chi connectivity index (χ1) is 11.3. The second kappa shape index (κ2) is 6.56. The topological polar surface area (TPSA) is 90.6 Å². The van der Waals surface area contributed by atoms with Gasteiger partial charge in [0.2, 0.25) is 0 Å². The van der Waals surface area contributed by atoms with Gasteiger partial charge in [-0.15, -0.1) is 0 Å². The number of nitriles is 1. The van der Waals surface area contributed by atoms with Gasteiger partial charge in [0, 0.05) is 5.25 Å². The fraction of sp³-hybridized carbons (Fsp3) is 0.357. The Labute approximate surface area is 153 Å². The molecule has 2 aliphatic heterocycles. The van der Waals surface area contributed by atoms with Gasteiger partial charge in [-0.2, -0.15) is 10.3 Å². The average Bonchev–Trinajstić information content (AvgIpc) is 2.92. The number of aliphatic imine (C=N–C) groups is 1. The van der Waals surface area contributed by atoms with Gasteiger partial charge >= 0.3 is 0 Å². The summed E-state index contributed by atoms with van der Waals surface area (Å²) in [6, 6.07) is 6.31. The molecule has 0 bridgehead atoms. The molecule has 0 radical (unpaired) electrons. The maximum absolute atomic E-state index is 12.0. The van der Waals surface area contributed by atoms with E-state index in [1.165, 1.54) is 11.8 Å². The molecule has 0 saturated carbocycles. The van der Waals surface area contributed by atoms with Crippen LogP contribution < -0.4 is 4.90 Å². The van der Waals surface area contributed by atoms with Crippen LogP contribution in [0, 0.1) is 11.3 Å². The lowest BCUT2D eigenvalue weighted by atomic mass is 10.2. The third kappa shape index (κ3) is 3.26. The van der Waals surface area contributed by atoms with Gasteiger partial charge in [-0.05, 0) is 12.1 Å². The van der Waals surface area contributed by atoms with Gasteiger partial charge in [0.15, 0.2) is 15.0 Å². The van der Waals surface area contributed by atoms with Crippen LogP contribution in [0.15, 0.2) is 23.2 Å². The summed E-state index contributed by atoms with van der Waals surface area (Å²) < 4.78 is 23.9. The van der Waals surface area contributed by atoms with E-state index in [4.69, 9.17) is 28.5 Å². The molecule has 126 valence electrons. The molecule has 1 amide bonds. The Bertz CT molecular complexity index is 859. The van der Waals surface area contributed by atoms with E-state index < -0.39 is 21.8 Å². The molecule has 0 aliphatic carbocycles. The number of amides is 1. The summed E-state index contributed by atoms with van der Waals surface area (Å²) in [6.45, 7) is 0. The SMILES string of the molecule is N#CCC(=O)N=C1S[C@H]2CS(=O)(=O)C[C@@H]2N1c1c(Cl)cccc1Cl. The largest absolute Gasteiger partial charge is 0.313 e. The summed E-state index contributed by atoms with van der Waals surface area (Å²) in [7, 11) is -3.18. The van der Waals surface area contributed by atoms with Crippen molar-refractivity contribution in [3.63, 3.8) is 0 Å². The highest BCUT2D eigenvalue weighted by Gasteiger charge is 2.50. The Morgan fingerprint density at radius 1 is 1.38 bits per heavy atom. The Hall–Kier alpha value is -1.27. The maximum atomic E-state index is 12.0. The van der Waals surface area contributed by atoms with Gasteiger partial charge < -0.3 is 4.90 Å². The number of amidine groups is 1. The number of sulfone groups is 1. The van der Waals surface area contributed by atoms with Crippen LogP contribution in [0.4, 0.5) is 5.69 Å². The van der Waals surface area contributed by atoms with E-state index in [1.54, 1.807) is 29.2 Å². The van der Waals surface area contributed by atoms with E-state index in [-0.39, 0.29) is 23.2 Å². The summed E-state index contributed by atoms with van der Waals surface area (Å²) in [5, 5.41) is 9.39. The van der Waals surface area contributed by atoms with Gasteiger partial charge in [-0.1, -0.05) is 41.0 Å². The van der Waals surface area contributed by atoms with E-state index in [2.05, 4.69) is 4.99 Å².